The SMILES string of the molecule is CCOC(=O)C1=C(C)NC(=O)N[C@@H]1c1ccc(OCC(=O)N/N=C\c2cc(Cl)c(OCC(=O)O)c(Cl)c2)c(OC)c1. The molecule has 1 aliphatic heterocycles. The van der Waals surface area contributed by atoms with Crippen molar-refractivity contribution in [1.82, 2.24) is 16.1 Å². The van der Waals surface area contributed by atoms with Gasteiger partial charge in [0.1, 0.15) is 0 Å². The van der Waals surface area contributed by atoms with E-state index < -0.39 is 43.1 Å². The highest BCUT2D eigenvalue weighted by Crippen LogP contribution is 2.35. The highest BCUT2D eigenvalue weighted by molar-refractivity contribution is 6.37. The summed E-state index contributed by atoms with van der Waals surface area (Å²) >= 11 is 12.2. The molecule has 15 heteroatoms. The number of amides is 3. The van der Waals surface area contributed by atoms with Crippen molar-refractivity contribution in [2.45, 2.75) is 19.9 Å². The zero-order valence-electron chi connectivity index (χ0n) is 22.1. The molecule has 41 heavy (non-hydrogen) atoms. The van der Waals surface area contributed by atoms with Crippen LogP contribution in [0, 0.1) is 0 Å². The van der Waals surface area contributed by atoms with Gasteiger partial charge in [0.25, 0.3) is 5.91 Å². The summed E-state index contributed by atoms with van der Waals surface area (Å²) in [5.41, 5.74) is 3.83. The number of carboxylic acid groups (broad SMARTS) is 1. The topological polar surface area (TPSA) is 174 Å². The van der Waals surface area contributed by atoms with Gasteiger partial charge in [-0.2, -0.15) is 5.10 Å². The van der Waals surface area contributed by atoms with Crippen molar-refractivity contribution >= 4 is 53.3 Å². The number of nitrogens with one attached hydrogen (secondary N) is 3. The first kappa shape index (κ1) is 31.0. The molecule has 0 radical (unpaired) electrons. The number of hydrogen-bond acceptors (Lipinski definition) is 9. The minimum absolute atomic E-state index is 0.0103. The predicted octanol–water partition coefficient (Wildman–Crippen LogP) is 3.19. The largest absolute Gasteiger partial charge is 0.493 e. The first-order valence-corrected chi connectivity index (χ1v) is 12.7. The Bertz CT molecular complexity index is 1390. The number of methoxy groups -OCH3 is 1. The number of aliphatic carboxylic acids is 1. The Morgan fingerprint density at radius 3 is 2.44 bits per heavy atom. The number of urea groups is 1. The average Bonchev–Trinajstić information content (AvgIpc) is 2.90. The van der Waals surface area contributed by atoms with Gasteiger partial charge in [-0.3, -0.25) is 4.79 Å². The van der Waals surface area contributed by atoms with Crippen molar-refractivity contribution in [2.75, 3.05) is 26.9 Å². The number of esters is 1. The Morgan fingerprint density at radius 2 is 1.80 bits per heavy atom. The van der Waals surface area contributed by atoms with Crippen molar-refractivity contribution < 1.29 is 43.2 Å². The third kappa shape index (κ3) is 8.25. The van der Waals surface area contributed by atoms with Gasteiger partial charge in [0.2, 0.25) is 0 Å². The molecule has 1 heterocycles. The molecule has 3 rings (SSSR count). The lowest BCUT2D eigenvalue weighted by Crippen LogP contribution is -2.45. The van der Waals surface area contributed by atoms with E-state index in [1.54, 1.807) is 26.0 Å². The number of carbonyl (C=O) groups excluding carboxylic acids is 3. The summed E-state index contributed by atoms with van der Waals surface area (Å²) < 4.78 is 21.2. The molecule has 0 unspecified atom stereocenters. The van der Waals surface area contributed by atoms with Crippen LogP contribution in [0.15, 0.2) is 46.7 Å². The molecule has 1 aliphatic rings. The normalized spacial score (nSPS) is 14.7. The van der Waals surface area contributed by atoms with E-state index in [1.165, 1.54) is 31.5 Å². The zero-order chi connectivity index (χ0) is 30.1. The van der Waals surface area contributed by atoms with Crippen molar-refractivity contribution in [3.05, 3.63) is 62.8 Å². The van der Waals surface area contributed by atoms with Crippen LogP contribution in [0.4, 0.5) is 4.79 Å². The third-order valence-corrected chi connectivity index (χ3v) is 5.97. The molecule has 0 spiro atoms. The van der Waals surface area contributed by atoms with Gasteiger partial charge >= 0.3 is 18.0 Å². The predicted molar refractivity (Wildman–Crippen MR) is 148 cm³/mol. The summed E-state index contributed by atoms with van der Waals surface area (Å²) in [4.78, 5) is 47.6. The van der Waals surface area contributed by atoms with E-state index in [4.69, 9.17) is 47.3 Å². The Labute approximate surface area is 244 Å². The fourth-order valence-electron chi connectivity index (χ4n) is 3.69. The molecule has 0 aromatic heterocycles. The Morgan fingerprint density at radius 1 is 1.10 bits per heavy atom. The van der Waals surface area contributed by atoms with Gasteiger partial charge < -0.3 is 34.7 Å². The van der Waals surface area contributed by atoms with E-state index >= 15 is 0 Å². The molecular weight excluding hydrogens is 583 g/mol. The number of nitrogens with zero attached hydrogens (tertiary/aromatic N) is 1. The van der Waals surface area contributed by atoms with E-state index in [0.717, 1.165) is 0 Å². The van der Waals surface area contributed by atoms with Crippen molar-refractivity contribution in [3.63, 3.8) is 0 Å². The Kier molecular flexibility index (Phi) is 10.8. The molecule has 13 nitrogen and oxygen atoms in total. The maximum atomic E-state index is 12.6. The van der Waals surface area contributed by atoms with Crippen LogP contribution in [-0.2, 0) is 19.1 Å². The number of carboxylic acids is 1. The lowest BCUT2D eigenvalue weighted by Gasteiger charge is -2.28. The monoisotopic (exact) mass is 608 g/mol. The van der Waals surface area contributed by atoms with E-state index in [2.05, 4.69) is 21.2 Å². The van der Waals surface area contributed by atoms with Crippen LogP contribution in [0.3, 0.4) is 0 Å². The number of rotatable bonds is 12. The van der Waals surface area contributed by atoms with Gasteiger partial charge in [-0.15, -0.1) is 0 Å². The van der Waals surface area contributed by atoms with E-state index in [1.807, 2.05) is 0 Å². The first-order chi connectivity index (χ1) is 19.5. The molecule has 2 aromatic rings. The second-order valence-corrected chi connectivity index (χ2v) is 9.09. The maximum absolute atomic E-state index is 12.6. The lowest BCUT2D eigenvalue weighted by atomic mass is 9.95. The van der Waals surface area contributed by atoms with Gasteiger partial charge in [-0.05, 0) is 49.2 Å². The average molecular weight is 609 g/mol. The number of hydrogen-bond donors (Lipinski definition) is 4. The van der Waals surface area contributed by atoms with Gasteiger partial charge in [0.15, 0.2) is 30.5 Å². The van der Waals surface area contributed by atoms with Crippen LogP contribution in [0.2, 0.25) is 10.0 Å². The molecule has 1 atom stereocenters. The maximum Gasteiger partial charge on any atom is 0.341 e. The molecule has 0 saturated carbocycles. The van der Waals surface area contributed by atoms with E-state index in [0.29, 0.717) is 16.8 Å². The van der Waals surface area contributed by atoms with Gasteiger partial charge in [0, 0.05) is 5.70 Å². The van der Waals surface area contributed by atoms with Crippen LogP contribution in [0.5, 0.6) is 17.2 Å². The highest BCUT2D eigenvalue weighted by Gasteiger charge is 2.32. The van der Waals surface area contributed by atoms with E-state index in [-0.39, 0.29) is 39.5 Å². The summed E-state index contributed by atoms with van der Waals surface area (Å²) in [6.45, 7) is 2.40. The molecule has 0 aliphatic carbocycles. The highest BCUT2D eigenvalue weighted by atomic mass is 35.5. The molecule has 4 N–H and O–H groups in total. The molecule has 0 fully saturated rings. The van der Waals surface area contributed by atoms with Crippen LogP contribution < -0.4 is 30.3 Å². The fourth-order valence-corrected chi connectivity index (χ4v) is 4.30. The Balaban J connectivity index is 1.65. The van der Waals surface area contributed by atoms with Crippen molar-refractivity contribution in [3.8, 4) is 17.2 Å². The number of hydrazone groups is 1. The second-order valence-electron chi connectivity index (χ2n) is 8.28. The molecule has 0 bridgehead atoms. The number of ether oxygens (including phenoxy) is 4. The second kappa shape index (κ2) is 14.2. The first-order valence-electron chi connectivity index (χ1n) is 12.0. The van der Waals surface area contributed by atoms with Crippen LogP contribution in [0.1, 0.15) is 31.0 Å². The number of halogens is 2. The van der Waals surface area contributed by atoms with Crippen LogP contribution in [-0.4, -0.2) is 62.1 Å². The summed E-state index contributed by atoms with van der Waals surface area (Å²) in [5, 5.41) is 18.0. The van der Waals surface area contributed by atoms with Gasteiger partial charge in [-0.1, -0.05) is 29.3 Å². The zero-order valence-corrected chi connectivity index (χ0v) is 23.6. The molecule has 0 saturated heterocycles. The quantitative estimate of drug-likeness (QED) is 0.160. The lowest BCUT2D eigenvalue weighted by molar-refractivity contribution is -0.140. The minimum atomic E-state index is -1.19. The summed E-state index contributed by atoms with van der Waals surface area (Å²) in [6, 6.07) is 6.30. The number of benzene rings is 2. The smallest absolute Gasteiger partial charge is 0.341 e. The van der Waals surface area contributed by atoms with Gasteiger partial charge in [-0.25, -0.2) is 19.8 Å². The summed E-state index contributed by atoms with van der Waals surface area (Å²) in [7, 11) is 1.40. The van der Waals surface area contributed by atoms with Crippen molar-refractivity contribution in [1.29, 1.82) is 0 Å². The number of carbonyl (C=O) groups is 4. The number of allylic oxidation sites excluding steroid dienone is 1. The summed E-state index contributed by atoms with van der Waals surface area (Å²) in [6.07, 6.45) is 1.27. The fraction of sp³-hybridized carbons (Fsp3) is 0.269. The molecule has 218 valence electrons. The Hall–Kier alpha value is -4.49. The summed E-state index contributed by atoms with van der Waals surface area (Å²) in [5.74, 6) is -1.87. The van der Waals surface area contributed by atoms with E-state index in [9.17, 15) is 19.2 Å². The molecular formula is C26H26Cl2N4O9. The van der Waals surface area contributed by atoms with Crippen molar-refractivity contribution in [2.24, 2.45) is 5.10 Å². The van der Waals surface area contributed by atoms with Gasteiger partial charge in [0.05, 0.1) is 41.6 Å². The van der Waals surface area contributed by atoms with Crippen LogP contribution >= 0.6 is 23.2 Å². The molecule has 2 aromatic carbocycles. The third-order valence-electron chi connectivity index (χ3n) is 5.41. The molecule has 3 amide bonds. The standard InChI is InChI=1S/C26H26Cl2N4O9/c1-4-39-25(36)22-13(2)30-26(37)31-23(22)15-5-6-18(19(9-15)38-3)40-11-20(33)32-29-10-14-7-16(27)24(17(28)8-14)41-12-21(34)35/h5-10,23H,4,11-12H2,1-3H3,(H,32,33)(H,34,35)(H2,30,31,37)/b29-10-/t23-/m1/s1. The van der Waals surface area contributed by atoms with Crippen LogP contribution in [0.25, 0.3) is 0 Å². The minimum Gasteiger partial charge on any atom is -0.493 e.